The molecule has 0 aliphatic carbocycles. The number of thioether (sulfide) groups is 1. The summed E-state index contributed by atoms with van der Waals surface area (Å²) in [6.07, 6.45) is 1.91. The van der Waals surface area contributed by atoms with E-state index in [2.05, 4.69) is 4.72 Å². The minimum atomic E-state index is -3.63. The summed E-state index contributed by atoms with van der Waals surface area (Å²) in [6, 6.07) is 6.01. The number of halogens is 1. The number of nitrogens with one attached hydrogen (secondary N) is 1. The predicted octanol–water partition coefficient (Wildman–Crippen LogP) is 2.24. The number of sulfonamides is 1. The van der Waals surface area contributed by atoms with Crippen LogP contribution in [0.2, 0.25) is 5.02 Å². The third-order valence-corrected chi connectivity index (χ3v) is 5.19. The van der Waals surface area contributed by atoms with Crippen molar-refractivity contribution in [2.45, 2.75) is 17.1 Å². The van der Waals surface area contributed by atoms with Crippen LogP contribution in [0.3, 0.4) is 0 Å². The summed E-state index contributed by atoms with van der Waals surface area (Å²) in [5.74, 6) is 0. The molecular formula is C11H13ClN2O2S2. The standard InChI is InChI=1S/C11H13ClN2O2S2/c1-8(17-2)7-14-18(15,16)11-4-3-9(6-13)5-10(11)12/h3-5,8,14H,7H2,1-2H3. The van der Waals surface area contributed by atoms with E-state index >= 15 is 0 Å². The highest BCUT2D eigenvalue weighted by Crippen LogP contribution is 2.22. The van der Waals surface area contributed by atoms with Gasteiger partial charge in [-0.15, -0.1) is 0 Å². The zero-order chi connectivity index (χ0) is 13.8. The minimum Gasteiger partial charge on any atom is -0.210 e. The zero-order valence-electron chi connectivity index (χ0n) is 9.97. The van der Waals surface area contributed by atoms with Crippen molar-refractivity contribution in [1.82, 2.24) is 4.72 Å². The van der Waals surface area contributed by atoms with Crippen LogP contribution in [0, 0.1) is 11.3 Å². The maximum absolute atomic E-state index is 12.0. The lowest BCUT2D eigenvalue weighted by Gasteiger charge is -2.11. The fraction of sp³-hybridized carbons (Fsp3) is 0.364. The van der Waals surface area contributed by atoms with Gasteiger partial charge in [-0.3, -0.25) is 0 Å². The highest BCUT2D eigenvalue weighted by Gasteiger charge is 2.18. The molecule has 98 valence electrons. The van der Waals surface area contributed by atoms with Gasteiger partial charge in [0.25, 0.3) is 0 Å². The number of benzene rings is 1. The second-order valence-electron chi connectivity index (χ2n) is 3.66. The van der Waals surface area contributed by atoms with Gasteiger partial charge in [-0.25, -0.2) is 13.1 Å². The summed E-state index contributed by atoms with van der Waals surface area (Å²) >= 11 is 7.43. The Morgan fingerprint density at radius 3 is 2.72 bits per heavy atom. The van der Waals surface area contributed by atoms with Gasteiger partial charge < -0.3 is 0 Å². The first-order chi connectivity index (χ1) is 8.40. The molecule has 1 rings (SSSR count). The third-order valence-electron chi connectivity index (χ3n) is 2.31. The van der Waals surface area contributed by atoms with Crippen LogP contribution in [0.4, 0.5) is 0 Å². The molecule has 1 aromatic rings. The SMILES string of the molecule is CSC(C)CNS(=O)(=O)c1ccc(C#N)cc1Cl. The summed E-state index contributed by atoms with van der Waals surface area (Å²) in [4.78, 5) is -0.00327. The Bertz CT molecular complexity index is 567. The van der Waals surface area contributed by atoms with Crippen molar-refractivity contribution >= 4 is 33.4 Å². The van der Waals surface area contributed by atoms with Crippen molar-refractivity contribution in [1.29, 1.82) is 5.26 Å². The Morgan fingerprint density at radius 1 is 1.56 bits per heavy atom. The van der Waals surface area contributed by atoms with E-state index in [4.69, 9.17) is 16.9 Å². The maximum atomic E-state index is 12.0. The molecule has 0 spiro atoms. The van der Waals surface area contributed by atoms with Gasteiger partial charge in [-0.2, -0.15) is 17.0 Å². The molecule has 1 unspecified atom stereocenters. The largest absolute Gasteiger partial charge is 0.242 e. The first-order valence-electron chi connectivity index (χ1n) is 5.13. The highest BCUT2D eigenvalue weighted by molar-refractivity contribution is 7.99. The van der Waals surface area contributed by atoms with E-state index in [0.717, 1.165) is 0 Å². The third kappa shape index (κ3) is 3.89. The Hall–Kier alpha value is -0.740. The van der Waals surface area contributed by atoms with Crippen LogP contribution >= 0.6 is 23.4 Å². The van der Waals surface area contributed by atoms with E-state index in [9.17, 15) is 8.42 Å². The van der Waals surface area contributed by atoms with Crippen LogP contribution in [0.25, 0.3) is 0 Å². The Balaban J connectivity index is 2.96. The van der Waals surface area contributed by atoms with Gasteiger partial charge in [-0.05, 0) is 24.5 Å². The fourth-order valence-electron chi connectivity index (χ4n) is 1.18. The van der Waals surface area contributed by atoms with Gasteiger partial charge in [0.15, 0.2) is 0 Å². The van der Waals surface area contributed by atoms with Gasteiger partial charge >= 0.3 is 0 Å². The molecule has 1 N–H and O–H groups in total. The lowest BCUT2D eigenvalue weighted by molar-refractivity contribution is 0.581. The highest BCUT2D eigenvalue weighted by atomic mass is 35.5. The van der Waals surface area contributed by atoms with Crippen molar-refractivity contribution < 1.29 is 8.42 Å². The van der Waals surface area contributed by atoms with Crippen molar-refractivity contribution in [3.63, 3.8) is 0 Å². The molecular weight excluding hydrogens is 292 g/mol. The zero-order valence-corrected chi connectivity index (χ0v) is 12.4. The molecule has 0 radical (unpaired) electrons. The fourth-order valence-corrected chi connectivity index (χ4v) is 3.20. The first kappa shape index (κ1) is 15.3. The molecule has 0 aromatic heterocycles. The lowest BCUT2D eigenvalue weighted by Crippen LogP contribution is -2.29. The van der Waals surface area contributed by atoms with E-state index in [0.29, 0.717) is 12.1 Å². The lowest BCUT2D eigenvalue weighted by atomic mass is 10.2. The monoisotopic (exact) mass is 304 g/mol. The minimum absolute atomic E-state index is 0.00327. The van der Waals surface area contributed by atoms with E-state index in [1.165, 1.54) is 18.2 Å². The summed E-state index contributed by atoms with van der Waals surface area (Å²) in [5, 5.41) is 8.92. The molecule has 0 fully saturated rings. The van der Waals surface area contributed by atoms with Crippen LogP contribution in [-0.2, 0) is 10.0 Å². The molecule has 4 nitrogen and oxygen atoms in total. The van der Waals surface area contributed by atoms with Gasteiger partial charge in [0.2, 0.25) is 10.0 Å². The van der Waals surface area contributed by atoms with E-state index < -0.39 is 10.0 Å². The van der Waals surface area contributed by atoms with Crippen LogP contribution in [0.1, 0.15) is 12.5 Å². The predicted molar refractivity (Wildman–Crippen MR) is 74.3 cm³/mol. The van der Waals surface area contributed by atoms with Crippen molar-refractivity contribution in [3.8, 4) is 6.07 Å². The van der Waals surface area contributed by atoms with E-state index in [-0.39, 0.29) is 15.2 Å². The van der Waals surface area contributed by atoms with Crippen molar-refractivity contribution in [3.05, 3.63) is 28.8 Å². The molecule has 1 atom stereocenters. The van der Waals surface area contributed by atoms with Crippen LogP contribution in [0.5, 0.6) is 0 Å². The number of rotatable bonds is 5. The number of nitrogens with zero attached hydrogens (tertiary/aromatic N) is 1. The summed E-state index contributed by atoms with van der Waals surface area (Å²) < 4.78 is 26.5. The average molecular weight is 305 g/mol. The van der Waals surface area contributed by atoms with Gasteiger partial charge in [0, 0.05) is 11.8 Å². The molecule has 0 aliphatic rings. The molecule has 0 amide bonds. The summed E-state index contributed by atoms with van der Waals surface area (Å²) in [7, 11) is -3.63. The van der Waals surface area contributed by atoms with Gasteiger partial charge in [0.05, 0.1) is 16.7 Å². The molecule has 0 saturated carbocycles. The Kier molecular flexibility index (Phi) is 5.47. The number of hydrogen-bond acceptors (Lipinski definition) is 4. The van der Waals surface area contributed by atoms with Crippen LogP contribution in [-0.4, -0.2) is 26.5 Å². The first-order valence-corrected chi connectivity index (χ1v) is 8.27. The average Bonchev–Trinajstić information content (AvgIpc) is 2.35. The quantitative estimate of drug-likeness (QED) is 0.905. The van der Waals surface area contributed by atoms with Crippen molar-refractivity contribution in [2.24, 2.45) is 0 Å². The normalized spacial score (nSPS) is 13.0. The molecule has 1 aromatic carbocycles. The molecule has 0 bridgehead atoms. The Labute approximate surface area is 116 Å². The maximum Gasteiger partial charge on any atom is 0.242 e. The molecule has 0 saturated heterocycles. The summed E-state index contributed by atoms with van der Waals surface area (Å²) in [6.45, 7) is 2.26. The second-order valence-corrected chi connectivity index (χ2v) is 7.07. The van der Waals surface area contributed by atoms with Crippen LogP contribution < -0.4 is 4.72 Å². The second kappa shape index (κ2) is 6.43. The summed E-state index contributed by atoms with van der Waals surface area (Å²) in [5.41, 5.74) is 0.330. The molecule has 7 heteroatoms. The smallest absolute Gasteiger partial charge is 0.210 e. The van der Waals surface area contributed by atoms with Crippen molar-refractivity contribution in [2.75, 3.05) is 12.8 Å². The topological polar surface area (TPSA) is 70.0 Å². The molecule has 0 aliphatic heterocycles. The van der Waals surface area contributed by atoms with Gasteiger partial charge in [0.1, 0.15) is 4.90 Å². The molecule has 18 heavy (non-hydrogen) atoms. The van der Waals surface area contributed by atoms with E-state index in [1.807, 2.05) is 19.2 Å². The number of nitriles is 1. The van der Waals surface area contributed by atoms with Gasteiger partial charge in [-0.1, -0.05) is 18.5 Å². The number of hydrogen-bond donors (Lipinski definition) is 1. The van der Waals surface area contributed by atoms with E-state index in [1.54, 1.807) is 11.8 Å². The molecule has 0 heterocycles. The van der Waals surface area contributed by atoms with Crippen LogP contribution in [0.15, 0.2) is 23.1 Å². The Morgan fingerprint density at radius 2 is 2.22 bits per heavy atom.